The third-order valence-electron chi connectivity index (χ3n) is 3.48. The van der Waals surface area contributed by atoms with Crippen LogP contribution in [0.25, 0.3) is 0 Å². The molecule has 1 atom stereocenters. The molecule has 126 valence electrons. The summed E-state index contributed by atoms with van der Waals surface area (Å²) >= 11 is 11.5. The number of rotatable bonds is 4. The molecular formula is C13H14Cl2N2O5S. The minimum absolute atomic E-state index is 0.0527. The van der Waals surface area contributed by atoms with Crippen molar-refractivity contribution in [3.63, 3.8) is 0 Å². The summed E-state index contributed by atoms with van der Waals surface area (Å²) in [5.41, 5.74) is -0.182. The van der Waals surface area contributed by atoms with Gasteiger partial charge in [-0.1, -0.05) is 23.2 Å². The molecule has 2 rings (SSSR count). The molecule has 1 amide bonds. The van der Waals surface area contributed by atoms with Gasteiger partial charge in [-0.25, -0.2) is 18.2 Å². The van der Waals surface area contributed by atoms with Crippen LogP contribution >= 0.6 is 23.2 Å². The van der Waals surface area contributed by atoms with Crippen molar-refractivity contribution >= 4 is 44.9 Å². The number of sulfone groups is 1. The van der Waals surface area contributed by atoms with E-state index in [-0.39, 0.29) is 27.4 Å². The molecule has 10 heteroatoms. The molecule has 0 unspecified atom stereocenters. The Morgan fingerprint density at radius 2 is 2.09 bits per heavy atom. The Balaban J connectivity index is 1.93. The Morgan fingerprint density at radius 1 is 1.39 bits per heavy atom. The SMILES string of the molecule is CN(C(=O)COC(=O)c1nc(Cl)ccc1Cl)[C@H]1CCS(=O)(=O)C1. The molecule has 2 heterocycles. The number of ether oxygens (including phenoxy) is 1. The summed E-state index contributed by atoms with van der Waals surface area (Å²) < 4.78 is 27.7. The first-order valence-corrected chi connectivity index (χ1v) is 9.22. The van der Waals surface area contributed by atoms with Crippen LogP contribution in [-0.2, 0) is 19.4 Å². The largest absolute Gasteiger partial charge is 0.451 e. The summed E-state index contributed by atoms with van der Waals surface area (Å²) in [6.45, 7) is -0.531. The number of carbonyl (C=O) groups is 2. The van der Waals surface area contributed by atoms with E-state index in [1.807, 2.05) is 0 Å². The van der Waals surface area contributed by atoms with Crippen LogP contribution in [0.15, 0.2) is 12.1 Å². The van der Waals surface area contributed by atoms with Crippen LogP contribution in [0.2, 0.25) is 10.2 Å². The first kappa shape index (κ1) is 18.0. The first-order valence-electron chi connectivity index (χ1n) is 6.65. The highest BCUT2D eigenvalue weighted by atomic mass is 35.5. The normalized spacial score (nSPS) is 19.3. The van der Waals surface area contributed by atoms with Crippen molar-refractivity contribution in [2.75, 3.05) is 25.2 Å². The van der Waals surface area contributed by atoms with Gasteiger partial charge in [0.05, 0.1) is 16.5 Å². The Hall–Kier alpha value is -1.38. The molecule has 1 aliphatic rings. The fourth-order valence-corrected chi connectivity index (χ4v) is 4.25. The molecule has 0 bridgehead atoms. The Kier molecular flexibility index (Phi) is 5.49. The highest BCUT2D eigenvalue weighted by molar-refractivity contribution is 7.91. The standard InChI is InChI=1S/C13H14Cl2N2O5S/c1-17(8-4-5-23(20,21)7-8)11(18)6-22-13(19)12-9(14)2-3-10(15)16-12/h2-3,8H,4-7H2,1H3/t8-/m0/s1. The molecule has 0 aliphatic carbocycles. The third kappa shape index (κ3) is 4.55. The topological polar surface area (TPSA) is 93.6 Å². The lowest BCUT2D eigenvalue weighted by Crippen LogP contribution is -2.40. The molecule has 0 saturated carbocycles. The summed E-state index contributed by atoms with van der Waals surface area (Å²) in [4.78, 5) is 28.9. The van der Waals surface area contributed by atoms with E-state index in [9.17, 15) is 18.0 Å². The Bertz CT molecular complexity index is 738. The molecule has 1 saturated heterocycles. The van der Waals surface area contributed by atoms with Crippen LogP contribution in [0.4, 0.5) is 0 Å². The zero-order chi connectivity index (χ0) is 17.2. The smallest absolute Gasteiger partial charge is 0.359 e. The van der Waals surface area contributed by atoms with Gasteiger partial charge < -0.3 is 9.64 Å². The minimum atomic E-state index is -3.10. The van der Waals surface area contributed by atoms with Gasteiger partial charge in [-0.15, -0.1) is 0 Å². The highest BCUT2D eigenvalue weighted by Crippen LogP contribution is 2.19. The van der Waals surface area contributed by atoms with E-state index in [1.54, 1.807) is 0 Å². The lowest BCUT2D eigenvalue weighted by atomic mass is 10.2. The zero-order valence-electron chi connectivity index (χ0n) is 12.2. The predicted octanol–water partition coefficient (Wildman–Crippen LogP) is 1.19. The van der Waals surface area contributed by atoms with E-state index in [2.05, 4.69) is 4.98 Å². The number of halogens is 2. The number of carbonyl (C=O) groups excluding carboxylic acids is 2. The monoisotopic (exact) mass is 380 g/mol. The molecule has 0 aromatic carbocycles. The summed E-state index contributed by atoms with van der Waals surface area (Å²) in [6.07, 6.45) is 0.375. The third-order valence-corrected chi connectivity index (χ3v) is 5.75. The fourth-order valence-electron chi connectivity index (χ4n) is 2.14. The van der Waals surface area contributed by atoms with E-state index in [0.29, 0.717) is 6.42 Å². The van der Waals surface area contributed by atoms with Crippen molar-refractivity contribution in [3.05, 3.63) is 28.0 Å². The molecule has 0 spiro atoms. The van der Waals surface area contributed by atoms with Gasteiger partial charge in [0.1, 0.15) is 5.15 Å². The molecule has 1 aromatic rings. The van der Waals surface area contributed by atoms with E-state index in [0.717, 1.165) is 0 Å². The first-order chi connectivity index (χ1) is 10.7. The van der Waals surface area contributed by atoms with Crippen molar-refractivity contribution < 1.29 is 22.7 Å². The number of likely N-dealkylation sites (N-methyl/N-ethyl adjacent to an activating group) is 1. The maximum Gasteiger partial charge on any atom is 0.359 e. The van der Waals surface area contributed by atoms with Gasteiger partial charge in [0.15, 0.2) is 22.1 Å². The lowest BCUT2D eigenvalue weighted by Gasteiger charge is -2.23. The van der Waals surface area contributed by atoms with Crippen molar-refractivity contribution in [1.29, 1.82) is 0 Å². The van der Waals surface area contributed by atoms with E-state index in [1.165, 1.54) is 24.1 Å². The van der Waals surface area contributed by atoms with Crippen molar-refractivity contribution in [1.82, 2.24) is 9.88 Å². The van der Waals surface area contributed by atoms with Gasteiger partial charge in [-0.2, -0.15) is 0 Å². The maximum atomic E-state index is 12.0. The molecule has 23 heavy (non-hydrogen) atoms. The van der Waals surface area contributed by atoms with Crippen LogP contribution < -0.4 is 0 Å². The molecule has 1 fully saturated rings. The number of nitrogens with zero attached hydrogens (tertiary/aromatic N) is 2. The van der Waals surface area contributed by atoms with Crippen LogP contribution in [-0.4, -0.2) is 61.4 Å². The van der Waals surface area contributed by atoms with Crippen LogP contribution in [0.1, 0.15) is 16.9 Å². The predicted molar refractivity (Wildman–Crippen MR) is 84.4 cm³/mol. The number of amides is 1. The molecule has 7 nitrogen and oxygen atoms in total. The summed E-state index contributed by atoms with van der Waals surface area (Å²) in [6, 6.07) is 2.41. The Labute approximate surface area is 143 Å². The van der Waals surface area contributed by atoms with Crippen LogP contribution in [0, 0.1) is 0 Å². The van der Waals surface area contributed by atoms with E-state index >= 15 is 0 Å². The molecular weight excluding hydrogens is 367 g/mol. The second-order valence-electron chi connectivity index (χ2n) is 5.10. The van der Waals surface area contributed by atoms with E-state index < -0.39 is 34.4 Å². The lowest BCUT2D eigenvalue weighted by molar-refractivity contribution is -0.134. The summed E-state index contributed by atoms with van der Waals surface area (Å²) in [5.74, 6) is -1.40. The van der Waals surface area contributed by atoms with Gasteiger partial charge >= 0.3 is 5.97 Å². The average molecular weight is 381 g/mol. The van der Waals surface area contributed by atoms with Crippen molar-refractivity contribution in [2.24, 2.45) is 0 Å². The number of aromatic nitrogens is 1. The van der Waals surface area contributed by atoms with Crippen molar-refractivity contribution in [3.8, 4) is 0 Å². The second-order valence-corrected chi connectivity index (χ2v) is 8.13. The van der Waals surface area contributed by atoms with Crippen molar-refractivity contribution in [2.45, 2.75) is 12.5 Å². The second kappa shape index (κ2) is 7.02. The fraction of sp³-hybridized carbons (Fsp3) is 0.462. The van der Waals surface area contributed by atoms with Gasteiger partial charge in [0.2, 0.25) is 0 Å². The van der Waals surface area contributed by atoms with Gasteiger partial charge in [0, 0.05) is 13.1 Å². The highest BCUT2D eigenvalue weighted by Gasteiger charge is 2.33. The maximum absolute atomic E-state index is 12.0. The molecule has 0 radical (unpaired) electrons. The minimum Gasteiger partial charge on any atom is -0.451 e. The number of hydrogen-bond donors (Lipinski definition) is 0. The Morgan fingerprint density at radius 3 is 2.70 bits per heavy atom. The van der Waals surface area contributed by atoms with Crippen LogP contribution in [0.3, 0.4) is 0 Å². The average Bonchev–Trinajstić information content (AvgIpc) is 2.86. The van der Waals surface area contributed by atoms with Gasteiger partial charge in [-0.3, -0.25) is 4.79 Å². The number of esters is 1. The van der Waals surface area contributed by atoms with Gasteiger partial charge in [0.25, 0.3) is 5.91 Å². The summed E-state index contributed by atoms with van der Waals surface area (Å²) in [5, 5.41) is 0.128. The molecule has 1 aromatic heterocycles. The van der Waals surface area contributed by atoms with Gasteiger partial charge in [-0.05, 0) is 18.6 Å². The zero-order valence-corrected chi connectivity index (χ0v) is 14.5. The molecule has 1 aliphatic heterocycles. The number of pyridine rings is 1. The quantitative estimate of drug-likeness (QED) is 0.575. The number of hydrogen-bond acceptors (Lipinski definition) is 6. The van der Waals surface area contributed by atoms with E-state index in [4.69, 9.17) is 27.9 Å². The van der Waals surface area contributed by atoms with Crippen LogP contribution in [0.5, 0.6) is 0 Å². The molecule has 0 N–H and O–H groups in total. The summed E-state index contributed by atoms with van der Waals surface area (Å²) in [7, 11) is -1.62.